The molecular formula is C13H23N3O3S. The van der Waals surface area contributed by atoms with E-state index in [9.17, 15) is 13.2 Å². The molecule has 1 unspecified atom stereocenters. The molecule has 0 aromatic carbocycles. The average molecular weight is 301 g/mol. The maximum absolute atomic E-state index is 11.7. The monoisotopic (exact) mass is 301 g/mol. The van der Waals surface area contributed by atoms with Crippen molar-refractivity contribution >= 4 is 21.6 Å². The van der Waals surface area contributed by atoms with E-state index in [1.165, 1.54) is 19.3 Å². The van der Waals surface area contributed by atoms with Crippen molar-refractivity contribution in [2.24, 2.45) is 11.0 Å². The molecule has 1 aliphatic carbocycles. The number of carbonyl (C=O) groups is 1. The molecule has 7 heteroatoms. The Morgan fingerprint density at radius 1 is 1.15 bits per heavy atom. The highest BCUT2D eigenvalue weighted by Gasteiger charge is 2.28. The number of sulfone groups is 1. The normalized spacial score (nSPS) is 27.2. The fourth-order valence-corrected chi connectivity index (χ4v) is 4.55. The van der Waals surface area contributed by atoms with Gasteiger partial charge in [0.05, 0.1) is 11.5 Å². The second-order valence-corrected chi connectivity index (χ2v) is 8.00. The molecule has 0 spiro atoms. The molecule has 6 nitrogen and oxygen atoms in total. The zero-order chi connectivity index (χ0) is 14.6. The van der Waals surface area contributed by atoms with Gasteiger partial charge in [-0.3, -0.25) is 0 Å². The topological polar surface area (TPSA) is 87.6 Å². The molecule has 20 heavy (non-hydrogen) atoms. The van der Waals surface area contributed by atoms with Crippen LogP contribution >= 0.6 is 0 Å². The van der Waals surface area contributed by atoms with Crippen molar-refractivity contribution in [2.75, 3.05) is 11.5 Å². The SMILES string of the molecule is C/C(=N\NC(=O)NC1CCS(=O)(=O)C1)C1CCCCC1. The van der Waals surface area contributed by atoms with Crippen LogP contribution in [0.15, 0.2) is 5.10 Å². The minimum atomic E-state index is -2.97. The molecule has 0 radical (unpaired) electrons. The highest BCUT2D eigenvalue weighted by molar-refractivity contribution is 7.91. The first-order valence-electron chi connectivity index (χ1n) is 7.27. The van der Waals surface area contributed by atoms with Gasteiger partial charge >= 0.3 is 6.03 Å². The lowest BCUT2D eigenvalue weighted by atomic mass is 9.86. The Kier molecular flexibility index (Phi) is 5.01. The largest absolute Gasteiger partial charge is 0.335 e. The van der Waals surface area contributed by atoms with E-state index in [1.807, 2.05) is 6.92 Å². The van der Waals surface area contributed by atoms with Gasteiger partial charge in [0, 0.05) is 11.8 Å². The predicted octanol–water partition coefficient (Wildman–Crippen LogP) is 1.43. The quantitative estimate of drug-likeness (QED) is 0.610. The molecule has 2 rings (SSSR count). The predicted molar refractivity (Wildman–Crippen MR) is 78.4 cm³/mol. The number of carbonyl (C=O) groups excluding carboxylic acids is 1. The Morgan fingerprint density at radius 3 is 2.45 bits per heavy atom. The first-order chi connectivity index (χ1) is 9.46. The highest BCUT2D eigenvalue weighted by Crippen LogP contribution is 2.24. The third kappa shape index (κ3) is 4.47. The van der Waals surface area contributed by atoms with E-state index in [4.69, 9.17) is 0 Å². The molecule has 2 fully saturated rings. The zero-order valence-corrected chi connectivity index (χ0v) is 12.7. The van der Waals surface area contributed by atoms with Gasteiger partial charge in [0.1, 0.15) is 0 Å². The molecule has 1 aliphatic heterocycles. The molecule has 0 aromatic rings. The fraction of sp³-hybridized carbons (Fsp3) is 0.846. The molecule has 2 N–H and O–H groups in total. The number of amides is 2. The maximum Gasteiger partial charge on any atom is 0.335 e. The van der Waals surface area contributed by atoms with Crippen LogP contribution in [0.3, 0.4) is 0 Å². The van der Waals surface area contributed by atoms with E-state index in [0.717, 1.165) is 18.6 Å². The Bertz CT molecular complexity index is 481. The molecule has 1 saturated carbocycles. The molecule has 2 aliphatic rings. The van der Waals surface area contributed by atoms with E-state index < -0.39 is 15.9 Å². The number of hydrogen-bond donors (Lipinski definition) is 2. The van der Waals surface area contributed by atoms with Gasteiger partial charge < -0.3 is 5.32 Å². The Labute approximate surface area is 120 Å². The third-order valence-corrected chi connectivity index (χ3v) is 5.87. The van der Waals surface area contributed by atoms with E-state index in [0.29, 0.717) is 12.3 Å². The van der Waals surface area contributed by atoms with Gasteiger partial charge in [-0.1, -0.05) is 19.3 Å². The Hall–Kier alpha value is -1.11. The van der Waals surface area contributed by atoms with Crippen LogP contribution < -0.4 is 10.7 Å². The van der Waals surface area contributed by atoms with Gasteiger partial charge in [0.2, 0.25) is 0 Å². The molecule has 114 valence electrons. The Balaban J connectivity index is 1.77. The van der Waals surface area contributed by atoms with Gasteiger partial charge in [-0.25, -0.2) is 18.6 Å². The van der Waals surface area contributed by atoms with E-state index in [-0.39, 0.29) is 17.5 Å². The summed E-state index contributed by atoms with van der Waals surface area (Å²) in [5.41, 5.74) is 3.43. The van der Waals surface area contributed by atoms with Crippen LogP contribution in [-0.2, 0) is 9.84 Å². The van der Waals surface area contributed by atoms with Crippen LogP contribution in [0.4, 0.5) is 4.79 Å². The van der Waals surface area contributed by atoms with Gasteiger partial charge in [-0.05, 0) is 32.1 Å². The van der Waals surface area contributed by atoms with Crippen molar-refractivity contribution in [1.82, 2.24) is 10.7 Å². The maximum atomic E-state index is 11.7. The number of nitrogens with one attached hydrogen (secondary N) is 2. The molecule has 1 saturated heterocycles. The summed E-state index contributed by atoms with van der Waals surface area (Å²) in [7, 11) is -2.97. The first-order valence-corrected chi connectivity index (χ1v) is 9.09. The van der Waals surface area contributed by atoms with E-state index in [1.54, 1.807) is 0 Å². The summed E-state index contributed by atoms with van der Waals surface area (Å²) in [6.45, 7) is 1.94. The fourth-order valence-electron chi connectivity index (χ4n) is 2.88. The molecule has 0 aromatic heterocycles. The van der Waals surface area contributed by atoms with Crippen molar-refractivity contribution in [3.05, 3.63) is 0 Å². The molecule has 1 heterocycles. The standard InChI is InChI=1S/C13H23N3O3S/c1-10(11-5-3-2-4-6-11)15-16-13(17)14-12-7-8-20(18,19)9-12/h11-12H,2-9H2,1H3,(H2,14,16,17)/b15-10+. The molecular weight excluding hydrogens is 278 g/mol. The molecule has 0 bridgehead atoms. The van der Waals surface area contributed by atoms with Crippen molar-refractivity contribution < 1.29 is 13.2 Å². The van der Waals surface area contributed by atoms with Gasteiger partial charge in [0.25, 0.3) is 0 Å². The second kappa shape index (κ2) is 6.56. The van der Waals surface area contributed by atoms with E-state index in [2.05, 4.69) is 15.8 Å². The number of nitrogens with zero attached hydrogens (tertiary/aromatic N) is 1. The summed E-state index contributed by atoms with van der Waals surface area (Å²) in [5.74, 6) is 0.657. The van der Waals surface area contributed by atoms with Gasteiger partial charge in [-0.2, -0.15) is 5.10 Å². The third-order valence-electron chi connectivity index (χ3n) is 4.10. The molecule has 2 amide bonds. The lowest BCUT2D eigenvalue weighted by Crippen LogP contribution is -2.41. The van der Waals surface area contributed by atoms with Crippen LogP contribution in [0.5, 0.6) is 0 Å². The lowest BCUT2D eigenvalue weighted by Gasteiger charge is -2.21. The minimum Gasteiger partial charge on any atom is -0.333 e. The van der Waals surface area contributed by atoms with Crippen LogP contribution in [0.1, 0.15) is 45.4 Å². The van der Waals surface area contributed by atoms with Crippen molar-refractivity contribution in [3.63, 3.8) is 0 Å². The van der Waals surface area contributed by atoms with Crippen molar-refractivity contribution in [3.8, 4) is 0 Å². The zero-order valence-electron chi connectivity index (χ0n) is 11.9. The first kappa shape index (κ1) is 15.3. The number of rotatable bonds is 3. The van der Waals surface area contributed by atoms with Crippen LogP contribution in [0, 0.1) is 5.92 Å². The van der Waals surface area contributed by atoms with Crippen LogP contribution in [0.25, 0.3) is 0 Å². The van der Waals surface area contributed by atoms with Crippen molar-refractivity contribution in [1.29, 1.82) is 0 Å². The second-order valence-electron chi connectivity index (χ2n) is 5.77. The molecule has 1 atom stereocenters. The lowest BCUT2D eigenvalue weighted by molar-refractivity contribution is 0.238. The van der Waals surface area contributed by atoms with Gasteiger partial charge in [-0.15, -0.1) is 0 Å². The highest BCUT2D eigenvalue weighted by atomic mass is 32.2. The minimum absolute atomic E-state index is 0.0335. The number of hydrogen-bond acceptors (Lipinski definition) is 4. The smallest absolute Gasteiger partial charge is 0.333 e. The van der Waals surface area contributed by atoms with Gasteiger partial charge in [0.15, 0.2) is 9.84 Å². The number of hydrazone groups is 1. The summed E-state index contributed by atoms with van der Waals surface area (Å²) < 4.78 is 22.6. The van der Waals surface area contributed by atoms with Crippen LogP contribution in [-0.4, -0.2) is 37.7 Å². The van der Waals surface area contributed by atoms with Crippen molar-refractivity contribution in [2.45, 2.75) is 51.5 Å². The summed E-state index contributed by atoms with van der Waals surface area (Å²) in [5, 5.41) is 6.79. The average Bonchev–Trinajstić information content (AvgIpc) is 2.76. The summed E-state index contributed by atoms with van der Waals surface area (Å²) in [4.78, 5) is 11.7. The summed E-state index contributed by atoms with van der Waals surface area (Å²) in [6, 6.07) is -0.701. The summed E-state index contributed by atoms with van der Waals surface area (Å²) in [6.07, 6.45) is 6.50. The Morgan fingerprint density at radius 2 is 1.85 bits per heavy atom. The van der Waals surface area contributed by atoms with Crippen LogP contribution in [0.2, 0.25) is 0 Å². The summed E-state index contributed by atoms with van der Waals surface area (Å²) >= 11 is 0. The number of urea groups is 1. The van der Waals surface area contributed by atoms with E-state index >= 15 is 0 Å².